The topological polar surface area (TPSA) is 102 Å². The zero-order chi connectivity index (χ0) is 18.5. The maximum Gasteiger partial charge on any atom is 0.271 e. The lowest BCUT2D eigenvalue weighted by Crippen LogP contribution is -2.19. The van der Waals surface area contributed by atoms with Crippen molar-refractivity contribution < 1.29 is 9.72 Å². The van der Waals surface area contributed by atoms with Crippen molar-refractivity contribution in [2.75, 3.05) is 0 Å². The number of nitrogens with one attached hydrogen (secondary N) is 1. The van der Waals surface area contributed by atoms with E-state index >= 15 is 0 Å². The molecule has 8 heteroatoms. The number of imidazole rings is 1. The van der Waals surface area contributed by atoms with Gasteiger partial charge in [-0.25, -0.2) is 10.4 Å². The summed E-state index contributed by atoms with van der Waals surface area (Å²) in [4.78, 5) is 26.2. The van der Waals surface area contributed by atoms with Crippen molar-refractivity contribution in [2.24, 2.45) is 5.10 Å². The molecule has 0 aliphatic heterocycles. The van der Waals surface area contributed by atoms with Crippen LogP contribution in [-0.4, -0.2) is 26.1 Å². The van der Waals surface area contributed by atoms with Gasteiger partial charge in [0.25, 0.3) is 11.6 Å². The number of nitro groups is 1. The van der Waals surface area contributed by atoms with Crippen molar-refractivity contribution in [2.45, 2.75) is 6.92 Å². The number of carbonyl (C=O) groups excluding carboxylic acids is 1. The molecule has 0 saturated carbocycles. The van der Waals surface area contributed by atoms with Gasteiger partial charge < -0.3 is 4.57 Å². The normalized spacial score (nSPS) is 11.2. The Balaban J connectivity index is 1.67. The largest absolute Gasteiger partial charge is 0.306 e. The van der Waals surface area contributed by atoms with Crippen LogP contribution in [0.25, 0.3) is 5.69 Å². The van der Waals surface area contributed by atoms with E-state index in [9.17, 15) is 14.9 Å². The summed E-state index contributed by atoms with van der Waals surface area (Å²) in [6, 6.07) is 13.0. The van der Waals surface area contributed by atoms with Crippen LogP contribution < -0.4 is 5.43 Å². The quantitative estimate of drug-likeness (QED) is 0.434. The van der Waals surface area contributed by atoms with Gasteiger partial charge in [0, 0.05) is 35.8 Å². The molecule has 26 heavy (non-hydrogen) atoms. The molecule has 0 atom stereocenters. The van der Waals surface area contributed by atoms with E-state index in [0.717, 1.165) is 11.3 Å². The third kappa shape index (κ3) is 3.81. The van der Waals surface area contributed by atoms with Gasteiger partial charge in [-0.1, -0.05) is 12.1 Å². The summed E-state index contributed by atoms with van der Waals surface area (Å²) in [7, 11) is 0. The van der Waals surface area contributed by atoms with Crippen LogP contribution in [0.2, 0.25) is 0 Å². The first-order valence-corrected chi connectivity index (χ1v) is 7.72. The Morgan fingerprint density at radius 2 is 1.77 bits per heavy atom. The number of benzene rings is 2. The van der Waals surface area contributed by atoms with Gasteiger partial charge in [0.15, 0.2) is 0 Å². The van der Waals surface area contributed by atoms with E-state index in [1.807, 2.05) is 35.0 Å². The Bertz CT molecular complexity index is 946. The Morgan fingerprint density at radius 3 is 2.35 bits per heavy atom. The predicted octanol–water partition coefficient (Wildman–Crippen LogP) is 2.93. The van der Waals surface area contributed by atoms with Crippen molar-refractivity contribution in [3.63, 3.8) is 0 Å². The smallest absolute Gasteiger partial charge is 0.271 e. The third-order valence-electron chi connectivity index (χ3n) is 3.75. The van der Waals surface area contributed by atoms with Crippen LogP contribution in [0.15, 0.2) is 72.4 Å². The Hall–Kier alpha value is -3.81. The van der Waals surface area contributed by atoms with Crippen LogP contribution in [-0.2, 0) is 0 Å². The first-order chi connectivity index (χ1) is 12.5. The number of carbonyl (C=O) groups is 1. The van der Waals surface area contributed by atoms with Crippen LogP contribution in [0.5, 0.6) is 0 Å². The molecule has 0 spiro atoms. The minimum atomic E-state index is -0.516. The lowest BCUT2D eigenvalue weighted by atomic mass is 10.1. The third-order valence-corrected chi connectivity index (χ3v) is 3.75. The average molecular weight is 349 g/mol. The van der Waals surface area contributed by atoms with Crippen LogP contribution in [0.1, 0.15) is 22.8 Å². The van der Waals surface area contributed by atoms with Gasteiger partial charge >= 0.3 is 0 Å². The molecule has 1 aromatic heterocycles. The highest BCUT2D eigenvalue weighted by molar-refractivity contribution is 6.01. The molecule has 0 aliphatic rings. The van der Waals surface area contributed by atoms with Crippen molar-refractivity contribution in [1.29, 1.82) is 0 Å². The number of hydrazone groups is 1. The second kappa shape index (κ2) is 7.39. The second-order valence-corrected chi connectivity index (χ2v) is 5.46. The number of nitro benzene ring substituents is 1. The summed E-state index contributed by atoms with van der Waals surface area (Å²) in [5.41, 5.74) is 5.14. The van der Waals surface area contributed by atoms with E-state index in [0.29, 0.717) is 11.3 Å². The van der Waals surface area contributed by atoms with Crippen molar-refractivity contribution >= 4 is 17.3 Å². The van der Waals surface area contributed by atoms with E-state index in [1.165, 1.54) is 24.3 Å². The Labute approximate surface area is 149 Å². The van der Waals surface area contributed by atoms with Gasteiger partial charge in [0.2, 0.25) is 0 Å². The molecule has 2 aromatic carbocycles. The van der Waals surface area contributed by atoms with Gasteiger partial charge in [-0.3, -0.25) is 14.9 Å². The molecule has 0 fully saturated rings. The van der Waals surface area contributed by atoms with Crippen LogP contribution in [0.3, 0.4) is 0 Å². The maximum atomic E-state index is 12.1. The number of hydrogen-bond acceptors (Lipinski definition) is 5. The number of rotatable bonds is 5. The lowest BCUT2D eigenvalue weighted by Gasteiger charge is -2.05. The van der Waals surface area contributed by atoms with Crippen molar-refractivity contribution in [1.82, 2.24) is 15.0 Å². The molecule has 0 unspecified atom stereocenters. The van der Waals surface area contributed by atoms with Crippen LogP contribution >= 0.6 is 0 Å². The fourth-order valence-corrected chi connectivity index (χ4v) is 2.28. The zero-order valence-electron chi connectivity index (χ0n) is 13.9. The first-order valence-electron chi connectivity index (χ1n) is 7.72. The highest BCUT2D eigenvalue weighted by Crippen LogP contribution is 2.12. The minimum Gasteiger partial charge on any atom is -0.306 e. The molecule has 0 aliphatic carbocycles. The number of hydrogen-bond donors (Lipinski definition) is 1. The van der Waals surface area contributed by atoms with Gasteiger partial charge in [0.1, 0.15) is 0 Å². The van der Waals surface area contributed by atoms with E-state index in [-0.39, 0.29) is 5.69 Å². The molecular weight excluding hydrogens is 334 g/mol. The highest BCUT2D eigenvalue weighted by Gasteiger charge is 2.09. The van der Waals surface area contributed by atoms with Crippen molar-refractivity contribution in [3.05, 3.63) is 88.5 Å². The number of non-ortho nitro benzene ring substituents is 1. The molecule has 8 nitrogen and oxygen atoms in total. The molecule has 0 saturated heterocycles. The molecule has 3 rings (SSSR count). The lowest BCUT2D eigenvalue weighted by molar-refractivity contribution is -0.384. The number of amides is 1. The van der Waals surface area contributed by atoms with Gasteiger partial charge in [0.05, 0.1) is 17.0 Å². The molecule has 130 valence electrons. The summed E-state index contributed by atoms with van der Waals surface area (Å²) in [5, 5.41) is 14.7. The SMILES string of the molecule is C/C(=N\NC(=O)c1ccc([N+](=O)[O-])cc1)c1ccc(-n2ccnc2)cc1. The molecular formula is C18H15N5O3. The van der Waals surface area contributed by atoms with Crippen LogP contribution in [0.4, 0.5) is 5.69 Å². The van der Waals surface area contributed by atoms with Gasteiger partial charge in [-0.15, -0.1) is 0 Å². The predicted molar refractivity (Wildman–Crippen MR) is 96.3 cm³/mol. The molecule has 0 radical (unpaired) electrons. The summed E-state index contributed by atoms with van der Waals surface area (Å²) in [6.07, 6.45) is 5.26. The molecule has 1 N–H and O–H groups in total. The molecule has 1 heterocycles. The van der Waals surface area contributed by atoms with Gasteiger partial charge in [-0.2, -0.15) is 5.10 Å². The Morgan fingerprint density at radius 1 is 1.12 bits per heavy atom. The van der Waals surface area contributed by atoms with E-state index in [4.69, 9.17) is 0 Å². The molecule has 0 bridgehead atoms. The fourth-order valence-electron chi connectivity index (χ4n) is 2.28. The highest BCUT2D eigenvalue weighted by atomic mass is 16.6. The van der Waals surface area contributed by atoms with Crippen LogP contribution in [0, 0.1) is 10.1 Å². The standard InChI is InChI=1S/C18H15N5O3/c1-13(14-2-6-16(7-3-14)22-11-10-19-12-22)20-21-18(24)15-4-8-17(9-5-15)23(25)26/h2-12H,1H3,(H,21,24)/b20-13+. The Kier molecular flexibility index (Phi) is 4.84. The minimum absolute atomic E-state index is 0.0702. The molecule has 1 amide bonds. The summed E-state index contributed by atoms with van der Waals surface area (Å²) in [5.74, 6) is -0.436. The second-order valence-electron chi connectivity index (χ2n) is 5.46. The first kappa shape index (κ1) is 17.0. The van der Waals surface area contributed by atoms with E-state index < -0.39 is 10.8 Å². The van der Waals surface area contributed by atoms with E-state index in [2.05, 4.69) is 15.5 Å². The van der Waals surface area contributed by atoms with E-state index in [1.54, 1.807) is 19.4 Å². The number of aromatic nitrogens is 2. The summed E-state index contributed by atoms with van der Waals surface area (Å²) in [6.45, 7) is 1.78. The maximum absolute atomic E-state index is 12.1. The van der Waals surface area contributed by atoms with Gasteiger partial charge in [-0.05, 0) is 36.8 Å². The molecule has 3 aromatic rings. The number of nitrogens with zero attached hydrogens (tertiary/aromatic N) is 4. The fraction of sp³-hybridized carbons (Fsp3) is 0.0556. The monoisotopic (exact) mass is 349 g/mol. The summed E-state index contributed by atoms with van der Waals surface area (Å²) < 4.78 is 1.88. The zero-order valence-corrected chi connectivity index (χ0v) is 13.9. The van der Waals surface area contributed by atoms with Crippen molar-refractivity contribution in [3.8, 4) is 5.69 Å². The summed E-state index contributed by atoms with van der Waals surface area (Å²) >= 11 is 0. The average Bonchev–Trinajstić information content (AvgIpc) is 3.21.